The number of ether oxygens (including phenoxy) is 1. The molecule has 1 rings (SSSR count). The number of carbonyl (C=O) groups is 1. The summed E-state index contributed by atoms with van der Waals surface area (Å²) in [5.74, 6) is 0. The summed E-state index contributed by atoms with van der Waals surface area (Å²) in [6.45, 7) is 8.02. The van der Waals surface area contributed by atoms with Crippen LogP contribution in [0.5, 0.6) is 0 Å². The van der Waals surface area contributed by atoms with Crippen LogP contribution in [0.3, 0.4) is 0 Å². The fraction of sp³-hybridized carbons (Fsp3) is 0.611. The highest BCUT2D eigenvalue weighted by Crippen LogP contribution is 2.32. The van der Waals surface area contributed by atoms with Gasteiger partial charge in [0.05, 0.1) is 11.2 Å². The molecule has 1 amide bonds. The fourth-order valence-corrected chi connectivity index (χ4v) is 2.11. The van der Waals surface area contributed by atoms with Crippen molar-refractivity contribution in [3.05, 3.63) is 35.4 Å². The molecule has 0 bridgehead atoms. The highest BCUT2D eigenvalue weighted by atomic mass is 19.4. The third-order valence-electron chi connectivity index (χ3n) is 3.33. The van der Waals surface area contributed by atoms with Gasteiger partial charge in [0.15, 0.2) is 0 Å². The molecule has 1 aromatic carbocycles. The number of carbonyl (C=O) groups excluding carboxylic acids is 1. The van der Waals surface area contributed by atoms with Crippen LogP contribution in [0.25, 0.3) is 0 Å². The van der Waals surface area contributed by atoms with Gasteiger partial charge in [0, 0.05) is 13.1 Å². The van der Waals surface area contributed by atoms with Crippen molar-refractivity contribution in [2.75, 3.05) is 6.54 Å². The Morgan fingerprint density at radius 2 is 1.68 bits per heavy atom. The summed E-state index contributed by atoms with van der Waals surface area (Å²) in [5.41, 5.74) is -2.62. The molecule has 0 unspecified atom stereocenters. The minimum Gasteiger partial charge on any atom is -0.444 e. The van der Waals surface area contributed by atoms with Gasteiger partial charge in [0.25, 0.3) is 0 Å². The Morgan fingerprint density at radius 3 is 2.16 bits per heavy atom. The number of amides is 1. The summed E-state index contributed by atoms with van der Waals surface area (Å²) < 4.78 is 44.8. The van der Waals surface area contributed by atoms with E-state index in [9.17, 15) is 23.1 Å². The van der Waals surface area contributed by atoms with Crippen LogP contribution in [0.2, 0.25) is 0 Å². The number of hydrogen-bond donors (Lipinski definition) is 1. The normalized spacial score (nSPS) is 12.8. The van der Waals surface area contributed by atoms with Gasteiger partial charge >= 0.3 is 12.3 Å². The van der Waals surface area contributed by atoms with Gasteiger partial charge in [0.1, 0.15) is 5.60 Å². The van der Waals surface area contributed by atoms with E-state index in [1.165, 1.54) is 23.1 Å². The summed E-state index contributed by atoms with van der Waals surface area (Å²) in [6.07, 6.45) is -5.01. The van der Waals surface area contributed by atoms with Crippen LogP contribution in [0.15, 0.2) is 24.3 Å². The van der Waals surface area contributed by atoms with E-state index < -0.39 is 29.0 Å². The van der Waals surface area contributed by atoms with Crippen LogP contribution in [-0.4, -0.2) is 33.8 Å². The average Bonchev–Trinajstić information content (AvgIpc) is 2.39. The third kappa shape index (κ3) is 7.77. The van der Waals surface area contributed by atoms with Crippen molar-refractivity contribution < 1.29 is 27.8 Å². The van der Waals surface area contributed by atoms with E-state index in [-0.39, 0.29) is 25.1 Å². The molecule has 25 heavy (non-hydrogen) atoms. The van der Waals surface area contributed by atoms with Gasteiger partial charge in [-0.2, -0.15) is 13.2 Å². The summed E-state index contributed by atoms with van der Waals surface area (Å²) in [4.78, 5) is 13.6. The van der Waals surface area contributed by atoms with Crippen LogP contribution in [0.1, 0.15) is 52.2 Å². The second-order valence-corrected chi connectivity index (χ2v) is 7.62. The molecular weight excluding hydrogens is 335 g/mol. The number of aliphatic hydroxyl groups is 1. The predicted octanol–water partition coefficient (Wildman–Crippen LogP) is 4.60. The number of rotatable bonds is 5. The molecule has 0 spiro atoms. The SMILES string of the molecule is CC(C)(O)CCN(Cc1ccccc1C(F)(F)F)C(=O)OC(C)(C)C. The lowest BCUT2D eigenvalue weighted by Gasteiger charge is -2.30. The van der Waals surface area contributed by atoms with Crippen molar-refractivity contribution in [2.45, 2.75) is 65.0 Å². The lowest BCUT2D eigenvalue weighted by molar-refractivity contribution is -0.138. The molecule has 0 atom stereocenters. The Labute approximate surface area is 146 Å². The smallest absolute Gasteiger partial charge is 0.416 e. The molecule has 0 aliphatic carbocycles. The fourth-order valence-electron chi connectivity index (χ4n) is 2.11. The molecule has 0 aromatic heterocycles. The van der Waals surface area contributed by atoms with E-state index >= 15 is 0 Å². The molecule has 1 N–H and O–H groups in total. The topological polar surface area (TPSA) is 49.8 Å². The highest BCUT2D eigenvalue weighted by molar-refractivity contribution is 5.68. The largest absolute Gasteiger partial charge is 0.444 e. The van der Waals surface area contributed by atoms with Gasteiger partial charge in [0.2, 0.25) is 0 Å². The predicted molar refractivity (Wildman–Crippen MR) is 89.0 cm³/mol. The van der Waals surface area contributed by atoms with Crippen molar-refractivity contribution in [3.8, 4) is 0 Å². The second kappa shape index (κ2) is 7.64. The van der Waals surface area contributed by atoms with Crippen molar-refractivity contribution >= 4 is 6.09 Å². The van der Waals surface area contributed by atoms with E-state index in [4.69, 9.17) is 4.74 Å². The molecular formula is C18H26F3NO3. The van der Waals surface area contributed by atoms with E-state index in [1.807, 2.05) is 0 Å². The molecule has 0 saturated carbocycles. The van der Waals surface area contributed by atoms with Gasteiger partial charge < -0.3 is 14.7 Å². The number of benzene rings is 1. The Balaban J connectivity index is 3.07. The van der Waals surface area contributed by atoms with Gasteiger partial charge in [-0.3, -0.25) is 0 Å². The standard InChI is InChI=1S/C18H26F3NO3/c1-16(2,3)25-15(23)22(11-10-17(4,5)24)12-13-8-6-7-9-14(13)18(19,20)21/h6-9,24H,10-12H2,1-5H3. The number of nitrogens with zero attached hydrogens (tertiary/aromatic N) is 1. The van der Waals surface area contributed by atoms with Gasteiger partial charge in [-0.15, -0.1) is 0 Å². The summed E-state index contributed by atoms with van der Waals surface area (Å²) >= 11 is 0. The van der Waals surface area contributed by atoms with Crippen LogP contribution in [-0.2, 0) is 17.5 Å². The molecule has 7 heteroatoms. The van der Waals surface area contributed by atoms with Gasteiger partial charge in [-0.25, -0.2) is 4.79 Å². The first-order valence-electron chi connectivity index (χ1n) is 8.04. The maximum atomic E-state index is 13.2. The first-order chi connectivity index (χ1) is 11.2. The zero-order valence-corrected chi connectivity index (χ0v) is 15.3. The van der Waals surface area contributed by atoms with Crippen LogP contribution < -0.4 is 0 Å². The zero-order valence-electron chi connectivity index (χ0n) is 15.3. The number of hydrogen-bond acceptors (Lipinski definition) is 3. The summed E-state index contributed by atoms with van der Waals surface area (Å²) in [5, 5.41) is 9.87. The highest BCUT2D eigenvalue weighted by Gasteiger charge is 2.34. The second-order valence-electron chi connectivity index (χ2n) is 7.62. The minimum atomic E-state index is -4.51. The number of halogens is 3. The maximum Gasteiger partial charge on any atom is 0.416 e. The Morgan fingerprint density at radius 1 is 1.12 bits per heavy atom. The van der Waals surface area contributed by atoms with Crippen molar-refractivity contribution in [2.24, 2.45) is 0 Å². The molecule has 142 valence electrons. The molecule has 0 heterocycles. The molecule has 1 aromatic rings. The molecule has 0 aliphatic rings. The Kier molecular flexibility index (Phi) is 6.50. The maximum absolute atomic E-state index is 13.2. The molecule has 4 nitrogen and oxygen atoms in total. The van der Waals surface area contributed by atoms with Crippen molar-refractivity contribution in [1.82, 2.24) is 4.90 Å². The van der Waals surface area contributed by atoms with Crippen LogP contribution in [0, 0.1) is 0 Å². The van der Waals surface area contributed by atoms with Crippen molar-refractivity contribution in [3.63, 3.8) is 0 Å². The minimum absolute atomic E-state index is 0.0170. The number of alkyl halides is 3. The summed E-state index contributed by atoms with van der Waals surface area (Å²) in [7, 11) is 0. The lowest BCUT2D eigenvalue weighted by atomic mass is 10.0. The zero-order chi connectivity index (χ0) is 19.5. The molecule has 0 aliphatic heterocycles. The van der Waals surface area contributed by atoms with Crippen LogP contribution in [0.4, 0.5) is 18.0 Å². The first-order valence-corrected chi connectivity index (χ1v) is 8.04. The van der Waals surface area contributed by atoms with E-state index in [1.54, 1.807) is 34.6 Å². The molecule has 0 fully saturated rings. The lowest BCUT2D eigenvalue weighted by Crippen LogP contribution is -2.39. The van der Waals surface area contributed by atoms with E-state index in [0.29, 0.717) is 0 Å². The summed E-state index contributed by atoms with van der Waals surface area (Å²) in [6, 6.07) is 5.12. The van der Waals surface area contributed by atoms with Crippen LogP contribution >= 0.6 is 0 Å². The van der Waals surface area contributed by atoms with E-state index in [2.05, 4.69) is 0 Å². The molecule has 0 saturated heterocycles. The first kappa shape index (κ1) is 21.3. The van der Waals surface area contributed by atoms with Gasteiger partial charge in [-0.05, 0) is 52.7 Å². The quantitative estimate of drug-likeness (QED) is 0.834. The molecule has 0 radical (unpaired) electrons. The van der Waals surface area contributed by atoms with Crippen molar-refractivity contribution in [1.29, 1.82) is 0 Å². The monoisotopic (exact) mass is 361 g/mol. The third-order valence-corrected chi connectivity index (χ3v) is 3.33. The Bertz CT molecular complexity index is 586. The average molecular weight is 361 g/mol. The van der Waals surface area contributed by atoms with E-state index in [0.717, 1.165) is 6.07 Å². The Hall–Kier alpha value is -1.76. The van der Waals surface area contributed by atoms with Gasteiger partial charge in [-0.1, -0.05) is 18.2 Å².